The van der Waals surface area contributed by atoms with E-state index in [9.17, 15) is 13.2 Å². The summed E-state index contributed by atoms with van der Waals surface area (Å²) in [5.74, 6) is 1.09. The van der Waals surface area contributed by atoms with E-state index >= 15 is 0 Å². The smallest absolute Gasteiger partial charge is 0.330 e. The molecule has 120 valence electrons. The summed E-state index contributed by atoms with van der Waals surface area (Å²) in [6.45, 7) is 0.660. The van der Waals surface area contributed by atoms with E-state index in [2.05, 4.69) is 15.2 Å². The molecule has 0 spiro atoms. The SMILES string of the molecule is NCCCCCc1n[nH]c(Cc2ccccc2C(F)(F)F)n1. The summed E-state index contributed by atoms with van der Waals surface area (Å²) in [6.07, 6.45) is -0.689. The number of aromatic nitrogens is 3. The average Bonchev–Trinajstić information content (AvgIpc) is 2.91. The van der Waals surface area contributed by atoms with Crippen LogP contribution in [0.15, 0.2) is 24.3 Å². The number of halogens is 3. The summed E-state index contributed by atoms with van der Waals surface area (Å²) in [6, 6.07) is 5.52. The molecule has 1 aromatic heterocycles. The van der Waals surface area contributed by atoms with Crippen molar-refractivity contribution >= 4 is 0 Å². The first kappa shape index (κ1) is 16.5. The Labute approximate surface area is 126 Å². The van der Waals surface area contributed by atoms with Crippen LogP contribution in [0.1, 0.15) is 42.0 Å². The van der Waals surface area contributed by atoms with Crippen molar-refractivity contribution < 1.29 is 13.2 Å². The lowest BCUT2D eigenvalue weighted by atomic mass is 10.0. The summed E-state index contributed by atoms with van der Waals surface area (Å²) >= 11 is 0. The minimum absolute atomic E-state index is 0.0888. The predicted octanol–water partition coefficient (Wildman–Crippen LogP) is 3.09. The van der Waals surface area contributed by atoms with Gasteiger partial charge in [-0.2, -0.15) is 18.3 Å². The summed E-state index contributed by atoms with van der Waals surface area (Å²) in [5, 5.41) is 6.77. The Kier molecular flexibility index (Phi) is 5.54. The molecule has 7 heteroatoms. The number of aromatic amines is 1. The molecule has 0 unspecified atom stereocenters. The van der Waals surface area contributed by atoms with Gasteiger partial charge in [0, 0.05) is 12.8 Å². The Morgan fingerprint density at radius 3 is 2.59 bits per heavy atom. The number of nitrogens with one attached hydrogen (secondary N) is 1. The van der Waals surface area contributed by atoms with E-state index in [1.165, 1.54) is 12.1 Å². The largest absolute Gasteiger partial charge is 0.416 e. The highest BCUT2D eigenvalue weighted by Crippen LogP contribution is 2.32. The zero-order chi connectivity index (χ0) is 16.0. The van der Waals surface area contributed by atoms with Gasteiger partial charge in [0.1, 0.15) is 5.82 Å². The first-order valence-corrected chi connectivity index (χ1v) is 7.26. The second-order valence-corrected chi connectivity index (χ2v) is 5.13. The van der Waals surface area contributed by atoms with Crippen LogP contribution >= 0.6 is 0 Å². The molecule has 2 rings (SSSR count). The van der Waals surface area contributed by atoms with Crippen molar-refractivity contribution in [2.45, 2.75) is 38.3 Å². The number of benzene rings is 1. The van der Waals surface area contributed by atoms with Crippen molar-refractivity contribution in [3.05, 3.63) is 47.0 Å². The van der Waals surface area contributed by atoms with Gasteiger partial charge < -0.3 is 5.73 Å². The van der Waals surface area contributed by atoms with Crippen LogP contribution in [0.25, 0.3) is 0 Å². The number of rotatable bonds is 7. The molecule has 0 saturated carbocycles. The van der Waals surface area contributed by atoms with Gasteiger partial charge in [0.15, 0.2) is 5.82 Å². The Bertz CT molecular complexity index is 592. The lowest BCUT2D eigenvalue weighted by molar-refractivity contribution is -0.138. The molecular formula is C15H19F3N4. The molecule has 0 bridgehead atoms. The van der Waals surface area contributed by atoms with E-state index in [1.54, 1.807) is 6.07 Å². The highest BCUT2D eigenvalue weighted by atomic mass is 19.4. The molecule has 2 aromatic rings. The maximum absolute atomic E-state index is 12.9. The van der Waals surface area contributed by atoms with Crippen LogP contribution in [0.4, 0.5) is 13.2 Å². The molecule has 0 atom stereocenters. The fourth-order valence-corrected chi connectivity index (χ4v) is 2.26. The van der Waals surface area contributed by atoms with Crippen LogP contribution in [0.3, 0.4) is 0 Å². The summed E-state index contributed by atoms with van der Waals surface area (Å²) in [7, 11) is 0. The summed E-state index contributed by atoms with van der Waals surface area (Å²) < 4.78 is 38.8. The minimum Gasteiger partial charge on any atom is -0.330 e. The zero-order valence-corrected chi connectivity index (χ0v) is 12.2. The highest BCUT2D eigenvalue weighted by Gasteiger charge is 2.32. The van der Waals surface area contributed by atoms with Gasteiger partial charge >= 0.3 is 6.18 Å². The van der Waals surface area contributed by atoms with Gasteiger partial charge in [-0.15, -0.1) is 0 Å². The third kappa shape index (κ3) is 4.56. The number of hydrogen-bond acceptors (Lipinski definition) is 3. The van der Waals surface area contributed by atoms with Gasteiger partial charge in [0.2, 0.25) is 0 Å². The molecule has 0 aliphatic carbocycles. The first-order chi connectivity index (χ1) is 10.5. The Balaban J connectivity index is 2.02. The molecule has 0 radical (unpaired) electrons. The van der Waals surface area contributed by atoms with Gasteiger partial charge in [-0.3, -0.25) is 5.10 Å². The maximum atomic E-state index is 12.9. The molecule has 0 aliphatic rings. The van der Waals surface area contributed by atoms with Crippen LogP contribution in [0.5, 0.6) is 0 Å². The van der Waals surface area contributed by atoms with E-state index in [4.69, 9.17) is 5.73 Å². The molecular weight excluding hydrogens is 293 g/mol. The normalized spacial score (nSPS) is 11.8. The van der Waals surface area contributed by atoms with E-state index in [-0.39, 0.29) is 12.0 Å². The lowest BCUT2D eigenvalue weighted by Crippen LogP contribution is -2.09. The van der Waals surface area contributed by atoms with Gasteiger partial charge in [-0.05, 0) is 31.0 Å². The molecule has 1 heterocycles. The van der Waals surface area contributed by atoms with Crippen molar-refractivity contribution in [3.8, 4) is 0 Å². The number of nitrogens with zero attached hydrogens (tertiary/aromatic N) is 2. The first-order valence-electron chi connectivity index (χ1n) is 7.26. The number of unbranched alkanes of at least 4 members (excludes halogenated alkanes) is 2. The summed E-state index contributed by atoms with van der Waals surface area (Å²) in [5.41, 5.74) is 4.98. The molecule has 3 N–H and O–H groups in total. The molecule has 4 nitrogen and oxygen atoms in total. The quantitative estimate of drug-likeness (QED) is 0.772. The second-order valence-electron chi connectivity index (χ2n) is 5.13. The molecule has 0 fully saturated rings. The van der Waals surface area contributed by atoms with Crippen LogP contribution in [-0.2, 0) is 19.0 Å². The van der Waals surface area contributed by atoms with Gasteiger partial charge in [-0.1, -0.05) is 24.6 Å². The van der Waals surface area contributed by atoms with Crippen molar-refractivity contribution in [1.82, 2.24) is 15.2 Å². The summed E-state index contributed by atoms with van der Waals surface area (Å²) in [4.78, 5) is 4.26. The van der Waals surface area contributed by atoms with Crippen molar-refractivity contribution in [2.24, 2.45) is 5.73 Å². The average molecular weight is 312 g/mol. The second kappa shape index (κ2) is 7.40. The topological polar surface area (TPSA) is 67.6 Å². The van der Waals surface area contributed by atoms with Crippen LogP contribution in [0.2, 0.25) is 0 Å². The van der Waals surface area contributed by atoms with Gasteiger partial charge in [-0.25, -0.2) is 4.98 Å². The van der Waals surface area contributed by atoms with Crippen molar-refractivity contribution in [2.75, 3.05) is 6.54 Å². The third-order valence-corrected chi connectivity index (χ3v) is 3.36. The van der Waals surface area contributed by atoms with E-state index in [0.717, 1.165) is 25.3 Å². The highest BCUT2D eigenvalue weighted by molar-refractivity contribution is 5.31. The van der Waals surface area contributed by atoms with Crippen LogP contribution < -0.4 is 5.73 Å². The van der Waals surface area contributed by atoms with Gasteiger partial charge in [0.05, 0.1) is 5.56 Å². The van der Waals surface area contributed by atoms with Gasteiger partial charge in [0.25, 0.3) is 0 Å². The standard InChI is InChI=1S/C15H19F3N4/c16-15(17,18)12-7-4-3-6-11(12)10-14-20-13(21-22-14)8-2-1-5-9-19/h3-4,6-7H,1-2,5,8-10,19H2,(H,20,21,22). The molecule has 22 heavy (non-hydrogen) atoms. The Morgan fingerprint density at radius 2 is 1.86 bits per heavy atom. The van der Waals surface area contributed by atoms with E-state index in [1.807, 2.05) is 0 Å². The molecule has 0 aliphatic heterocycles. The number of hydrogen-bond donors (Lipinski definition) is 2. The molecule has 0 amide bonds. The van der Waals surface area contributed by atoms with Crippen molar-refractivity contribution in [1.29, 1.82) is 0 Å². The maximum Gasteiger partial charge on any atom is 0.416 e. The molecule has 1 aromatic carbocycles. The fraction of sp³-hybridized carbons (Fsp3) is 0.467. The number of H-pyrrole nitrogens is 1. The number of nitrogens with two attached hydrogens (primary N) is 1. The third-order valence-electron chi connectivity index (χ3n) is 3.36. The zero-order valence-electron chi connectivity index (χ0n) is 12.2. The number of aryl methyl sites for hydroxylation is 1. The molecule has 0 saturated heterocycles. The predicted molar refractivity (Wildman–Crippen MR) is 77.2 cm³/mol. The van der Waals surface area contributed by atoms with E-state index in [0.29, 0.717) is 24.6 Å². The Morgan fingerprint density at radius 1 is 1.09 bits per heavy atom. The van der Waals surface area contributed by atoms with Crippen LogP contribution in [-0.4, -0.2) is 21.7 Å². The fourth-order valence-electron chi connectivity index (χ4n) is 2.26. The monoisotopic (exact) mass is 312 g/mol. The van der Waals surface area contributed by atoms with E-state index < -0.39 is 11.7 Å². The lowest BCUT2D eigenvalue weighted by Gasteiger charge is -2.11. The Hall–Kier alpha value is -1.89. The van der Waals surface area contributed by atoms with Crippen molar-refractivity contribution in [3.63, 3.8) is 0 Å². The minimum atomic E-state index is -4.36. The number of alkyl halides is 3. The van der Waals surface area contributed by atoms with Crippen LogP contribution in [0, 0.1) is 0 Å².